The van der Waals surface area contributed by atoms with Gasteiger partial charge in [0, 0.05) is 11.5 Å². The minimum Gasteiger partial charge on any atom is -0.351 e. The van der Waals surface area contributed by atoms with Gasteiger partial charge in [0.05, 0.1) is 0 Å². The van der Waals surface area contributed by atoms with Crippen LogP contribution in [0.3, 0.4) is 0 Å². The van der Waals surface area contributed by atoms with E-state index < -0.39 is 0 Å². The molecule has 0 aromatic rings. The Morgan fingerprint density at radius 1 is 1.43 bits per heavy atom. The van der Waals surface area contributed by atoms with E-state index in [9.17, 15) is 4.79 Å². The summed E-state index contributed by atoms with van der Waals surface area (Å²) in [5.74, 6) is 0.459. The largest absolute Gasteiger partial charge is 0.351 e. The number of hydrogen-bond acceptors (Lipinski definition) is 2. The second-order valence-corrected chi connectivity index (χ2v) is 4.75. The summed E-state index contributed by atoms with van der Waals surface area (Å²) in [5, 5.41) is 6.38. The van der Waals surface area contributed by atoms with Crippen molar-refractivity contribution in [1.29, 1.82) is 0 Å². The van der Waals surface area contributed by atoms with Crippen LogP contribution in [0.25, 0.3) is 0 Å². The van der Waals surface area contributed by atoms with Crippen LogP contribution in [-0.2, 0) is 4.79 Å². The van der Waals surface area contributed by atoms with Crippen LogP contribution in [0.2, 0.25) is 0 Å². The first-order valence-electron chi connectivity index (χ1n) is 5.58. The highest BCUT2D eigenvalue weighted by Gasteiger charge is 2.25. The van der Waals surface area contributed by atoms with Crippen molar-refractivity contribution in [1.82, 2.24) is 10.6 Å². The molecule has 2 N–H and O–H groups in total. The van der Waals surface area contributed by atoms with E-state index in [1.165, 1.54) is 0 Å². The minimum atomic E-state index is -0.0536. The summed E-state index contributed by atoms with van der Waals surface area (Å²) in [6.45, 7) is 8.20. The molecule has 1 aliphatic heterocycles. The molecule has 1 fully saturated rings. The molecule has 1 amide bonds. The van der Waals surface area contributed by atoms with Crippen molar-refractivity contribution in [3.8, 4) is 0 Å². The third kappa shape index (κ3) is 3.29. The lowest BCUT2D eigenvalue weighted by Crippen LogP contribution is -2.47. The Balaban J connectivity index is 2.40. The van der Waals surface area contributed by atoms with Crippen molar-refractivity contribution in [2.75, 3.05) is 13.1 Å². The Morgan fingerprint density at radius 2 is 2.00 bits per heavy atom. The summed E-state index contributed by atoms with van der Waals surface area (Å²) in [4.78, 5) is 11.8. The van der Waals surface area contributed by atoms with Gasteiger partial charge in [-0.2, -0.15) is 0 Å². The molecule has 0 aromatic carbocycles. The number of amides is 1. The van der Waals surface area contributed by atoms with E-state index in [1.807, 2.05) is 0 Å². The highest BCUT2D eigenvalue weighted by atomic mass is 16.2. The lowest BCUT2D eigenvalue weighted by molar-refractivity contribution is -0.127. The van der Waals surface area contributed by atoms with E-state index in [-0.39, 0.29) is 17.4 Å². The van der Waals surface area contributed by atoms with Crippen LogP contribution in [0.5, 0.6) is 0 Å². The SMILES string of the molecule is CCC(C)(C)NC(=O)C1CCNCC1. The molecule has 0 radical (unpaired) electrons. The molecule has 3 nitrogen and oxygen atoms in total. The van der Waals surface area contributed by atoms with E-state index >= 15 is 0 Å². The van der Waals surface area contributed by atoms with Crippen molar-refractivity contribution in [2.24, 2.45) is 5.92 Å². The molecule has 0 unspecified atom stereocenters. The minimum absolute atomic E-state index is 0.0536. The Bertz CT molecular complexity index is 195. The molecule has 1 aliphatic rings. The number of hydrogen-bond donors (Lipinski definition) is 2. The van der Waals surface area contributed by atoms with Crippen molar-refractivity contribution in [3.05, 3.63) is 0 Å². The zero-order valence-electron chi connectivity index (χ0n) is 9.52. The van der Waals surface area contributed by atoms with Crippen LogP contribution in [0.15, 0.2) is 0 Å². The molecule has 1 heterocycles. The average Bonchev–Trinajstić information content (AvgIpc) is 2.19. The zero-order chi connectivity index (χ0) is 10.6. The van der Waals surface area contributed by atoms with E-state index in [2.05, 4.69) is 31.4 Å². The topological polar surface area (TPSA) is 41.1 Å². The quantitative estimate of drug-likeness (QED) is 0.717. The van der Waals surface area contributed by atoms with Crippen LogP contribution in [-0.4, -0.2) is 24.5 Å². The van der Waals surface area contributed by atoms with E-state index in [0.717, 1.165) is 32.4 Å². The number of nitrogens with one attached hydrogen (secondary N) is 2. The lowest BCUT2D eigenvalue weighted by atomic mass is 9.94. The Hall–Kier alpha value is -0.570. The fourth-order valence-corrected chi connectivity index (χ4v) is 1.61. The predicted molar refractivity (Wildman–Crippen MR) is 58.1 cm³/mol. The van der Waals surface area contributed by atoms with Gasteiger partial charge in [-0.25, -0.2) is 0 Å². The highest BCUT2D eigenvalue weighted by molar-refractivity contribution is 5.79. The number of piperidine rings is 1. The van der Waals surface area contributed by atoms with Crippen molar-refractivity contribution in [3.63, 3.8) is 0 Å². The van der Waals surface area contributed by atoms with Crippen molar-refractivity contribution >= 4 is 5.91 Å². The predicted octanol–water partition coefficient (Wildman–Crippen LogP) is 1.29. The average molecular weight is 198 g/mol. The van der Waals surface area contributed by atoms with Crippen molar-refractivity contribution in [2.45, 2.75) is 45.6 Å². The number of carbonyl (C=O) groups excluding carboxylic acids is 1. The van der Waals surface area contributed by atoms with E-state index in [0.29, 0.717) is 0 Å². The maximum absolute atomic E-state index is 11.8. The summed E-state index contributed by atoms with van der Waals surface area (Å²) in [7, 11) is 0. The molecule has 3 heteroatoms. The first-order chi connectivity index (χ1) is 6.55. The summed E-state index contributed by atoms with van der Waals surface area (Å²) in [6.07, 6.45) is 2.93. The van der Waals surface area contributed by atoms with Gasteiger partial charge >= 0.3 is 0 Å². The van der Waals surface area contributed by atoms with Gasteiger partial charge in [-0.1, -0.05) is 6.92 Å². The van der Waals surface area contributed by atoms with Crippen LogP contribution in [0, 0.1) is 5.92 Å². The molecule has 0 spiro atoms. The molecule has 0 saturated carbocycles. The van der Waals surface area contributed by atoms with E-state index in [1.54, 1.807) is 0 Å². The summed E-state index contributed by atoms with van der Waals surface area (Å²) < 4.78 is 0. The van der Waals surface area contributed by atoms with Crippen LogP contribution in [0.4, 0.5) is 0 Å². The Labute approximate surface area is 86.6 Å². The highest BCUT2D eigenvalue weighted by Crippen LogP contribution is 2.15. The molecular weight excluding hydrogens is 176 g/mol. The van der Waals surface area contributed by atoms with Gasteiger partial charge in [-0.15, -0.1) is 0 Å². The monoisotopic (exact) mass is 198 g/mol. The molecule has 0 bridgehead atoms. The van der Waals surface area contributed by atoms with Gasteiger partial charge in [0.25, 0.3) is 0 Å². The fourth-order valence-electron chi connectivity index (χ4n) is 1.61. The second kappa shape index (κ2) is 4.78. The van der Waals surface area contributed by atoms with Gasteiger partial charge < -0.3 is 10.6 Å². The molecule has 14 heavy (non-hydrogen) atoms. The lowest BCUT2D eigenvalue weighted by Gasteiger charge is -2.29. The van der Waals surface area contributed by atoms with Gasteiger partial charge in [-0.3, -0.25) is 4.79 Å². The van der Waals surface area contributed by atoms with Gasteiger partial charge in [0.15, 0.2) is 0 Å². The summed E-state index contributed by atoms with van der Waals surface area (Å²) in [6, 6.07) is 0. The normalized spacial score (nSPS) is 19.4. The molecule has 0 aliphatic carbocycles. The number of rotatable bonds is 3. The van der Waals surface area contributed by atoms with Crippen molar-refractivity contribution < 1.29 is 4.79 Å². The second-order valence-electron chi connectivity index (χ2n) is 4.75. The zero-order valence-corrected chi connectivity index (χ0v) is 9.52. The maximum Gasteiger partial charge on any atom is 0.223 e. The Morgan fingerprint density at radius 3 is 2.50 bits per heavy atom. The van der Waals surface area contributed by atoms with Gasteiger partial charge in [-0.05, 0) is 46.2 Å². The summed E-state index contributed by atoms with van der Waals surface area (Å²) in [5.41, 5.74) is -0.0536. The maximum atomic E-state index is 11.8. The molecule has 0 aromatic heterocycles. The summed E-state index contributed by atoms with van der Waals surface area (Å²) >= 11 is 0. The molecule has 82 valence electrons. The first-order valence-corrected chi connectivity index (χ1v) is 5.58. The Kier molecular flexibility index (Phi) is 3.93. The third-order valence-corrected chi connectivity index (χ3v) is 3.06. The van der Waals surface area contributed by atoms with E-state index in [4.69, 9.17) is 0 Å². The molecule has 0 atom stereocenters. The first kappa shape index (κ1) is 11.5. The smallest absolute Gasteiger partial charge is 0.223 e. The molecule has 1 rings (SSSR count). The standard InChI is InChI=1S/C11H22N2O/c1-4-11(2,3)13-10(14)9-5-7-12-8-6-9/h9,12H,4-8H2,1-3H3,(H,13,14). The van der Waals surface area contributed by atoms with Crippen LogP contribution in [0.1, 0.15) is 40.0 Å². The van der Waals surface area contributed by atoms with Crippen LogP contribution < -0.4 is 10.6 Å². The fraction of sp³-hybridized carbons (Fsp3) is 0.909. The van der Waals surface area contributed by atoms with Crippen LogP contribution >= 0.6 is 0 Å². The third-order valence-electron chi connectivity index (χ3n) is 3.06. The molecular formula is C11H22N2O. The molecule has 1 saturated heterocycles. The number of carbonyl (C=O) groups is 1. The van der Waals surface area contributed by atoms with Gasteiger partial charge in [0.1, 0.15) is 0 Å². The van der Waals surface area contributed by atoms with Gasteiger partial charge in [0.2, 0.25) is 5.91 Å².